The van der Waals surface area contributed by atoms with E-state index in [-0.39, 0.29) is 5.97 Å². The molecule has 0 atom stereocenters. The van der Waals surface area contributed by atoms with Gasteiger partial charge in [0.1, 0.15) is 5.75 Å². The van der Waals surface area contributed by atoms with Crippen molar-refractivity contribution < 1.29 is 9.53 Å². The largest absolute Gasteiger partial charge is 0.423 e. The number of carbonyl (C=O) groups excluding carboxylic acids is 1. The van der Waals surface area contributed by atoms with Crippen molar-refractivity contribution in [1.82, 2.24) is 0 Å². The standard InChI is InChI=1S/C39H50O2/c1-3-5-6-8-30-11-15-31(16-12-30)33-17-19-34(20-18-33)35-21-23-37(24-22-35)39(40)41-38-27-25-36(26-28-38)32-13-9-29(7-4-2)10-14-32/h17-32H,3-16H2,1-2H3/t29?,30-,31-,32?. The van der Waals surface area contributed by atoms with Gasteiger partial charge < -0.3 is 4.74 Å². The van der Waals surface area contributed by atoms with Gasteiger partial charge in [0.05, 0.1) is 5.56 Å². The minimum Gasteiger partial charge on any atom is -0.423 e. The van der Waals surface area contributed by atoms with Crippen LogP contribution in [0.3, 0.4) is 0 Å². The van der Waals surface area contributed by atoms with Gasteiger partial charge in [0.25, 0.3) is 0 Å². The maximum Gasteiger partial charge on any atom is 0.343 e. The van der Waals surface area contributed by atoms with E-state index in [9.17, 15) is 4.79 Å². The fraction of sp³-hybridized carbons (Fsp3) is 0.513. The summed E-state index contributed by atoms with van der Waals surface area (Å²) >= 11 is 0. The summed E-state index contributed by atoms with van der Waals surface area (Å²) in [6.45, 7) is 4.58. The molecular weight excluding hydrogens is 500 g/mol. The molecule has 0 aliphatic heterocycles. The van der Waals surface area contributed by atoms with Crippen molar-refractivity contribution >= 4 is 5.97 Å². The molecule has 0 saturated heterocycles. The third-order valence-electron chi connectivity index (χ3n) is 10.0. The van der Waals surface area contributed by atoms with Gasteiger partial charge in [-0.3, -0.25) is 0 Å². The van der Waals surface area contributed by atoms with Crippen molar-refractivity contribution in [3.8, 4) is 16.9 Å². The van der Waals surface area contributed by atoms with Gasteiger partial charge in [-0.05, 0) is 122 Å². The fourth-order valence-corrected chi connectivity index (χ4v) is 7.38. The second-order valence-corrected chi connectivity index (χ2v) is 12.9. The summed E-state index contributed by atoms with van der Waals surface area (Å²) in [5.74, 6) is 3.53. The quantitative estimate of drug-likeness (QED) is 0.135. The number of rotatable bonds is 11. The highest BCUT2D eigenvalue weighted by Gasteiger charge is 2.23. The first-order valence-corrected chi connectivity index (χ1v) is 16.7. The SMILES string of the molecule is CCCCC[C@H]1CC[C@H](c2ccc(-c3ccc(C(=O)Oc4ccc(C5CCC(CCC)CC5)cc4)cc3)cc2)CC1. The van der Waals surface area contributed by atoms with Crippen LogP contribution in [-0.2, 0) is 0 Å². The molecule has 0 N–H and O–H groups in total. The van der Waals surface area contributed by atoms with E-state index in [0.717, 1.165) is 17.4 Å². The minimum absolute atomic E-state index is 0.301. The lowest BCUT2D eigenvalue weighted by Gasteiger charge is -2.29. The van der Waals surface area contributed by atoms with E-state index in [1.165, 1.54) is 107 Å². The monoisotopic (exact) mass is 550 g/mol. The Labute approximate surface area is 248 Å². The van der Waals surface area contributed by atoms with Crippen molar-refractivity contribution in [3.05, 3.63) is 89.5 Å². The highest BCUT2D eigenvalue weighted by molar-refractivity contribution is 5.91. The molecule has 0 unspecified atom stereocenters. The summed E-state index contributed by atoms with van der Waals surface area (Å²) in [7, 11) is 0. The van der Waals surface area contributed by atoms with Gasteiger partial charge in [0.2, 0.25) is 0 Å². The zero-order valence-corrected chi connectivity index (χ0v) is 25.5. The Balaban J connectivity index is 1.11. The summed E-state index contributed by atoms with van der Waals surface area (Å²) in [5.41, 5.74) is 5.77. The number of hydrogen-bond acceptors (Lipinski definition) is 2. The van der Waals surface area contributed by atoms with Crippen molar-refractivity contribution in [2.45, 2.75) is 116 Å². The second kappa shape index (κ2) is 14.9. The van der Waals surface area contributed by atoms with E-state index in [2.05, 4.69) is 50.2 Å². The van der Waals surface area contributed by atoms with Crippen LogP contribution in [0.25, 0.3) is 11.1 Å². The van der Waals surface area contributed by atoms with Crippen LogP contribution in [0.4, 0.5) is 0 Å². The molecule has 2 aliphatic rings. The molecule has 0 bridgehead atoms. The van der Waals surface area contributed by atoms with E-state index in [0.29, 0.717) is 23.1 Å². The van der Waals surface area contributed by atoms with Crippen molar-refractivity contribution in [3.63, 3.8) is 0 Å². The van der Waals surface area contributed by atoms with Gasteiger partial charge in [-0.25, -0.2) is 4.79 Å². The molecule has 41 heavy (non-hydrogen) atoms. The summed E-state index contributed by atoms with van der Waals surface area (Å²) in [6.07, 6.45) is 18.9. The molecule has 0 amide bonds. The Morgan fingerprint density at radius 1 is 0.585 bits per heavy atom. The molecule has 2 aliphatic carbocycles. The number of ether oxygens (including phenoxy) is 1. The van der Waals surface area contributed by atoms with Crippen molar-refractivity contribution in [1.29, 1.82) is 0 Å². The topological polar surface area (TPSA) is 26.3 Å². The molecule has 2 heteroatoms. The Morgan fingerprint density at radius 3 is 1.59 bits per heavy atom. The summed E-state index contributed by atoms with van der Waals surface area (Å²) in [5, 5.41) is 0. The third kappa shape index (κ3) is 8.12. The minimum atomic E-state index is -0.301. The molecule has 2 fully saturated rings. The lowest BCUT2D eigenvalue weighted by atomic mass is 9.77. The van der Waals surface area contributed by atoms with Gasteiger partial charge in [-0.1, -0.05) is 101 Å². The summed E-state index contributed by atoms with van der Waals surface area (Å²) in [4.78, 5) is 12.8. The van der Waals surface area contributed by atoms with Crippen LogP contribution in [0.5, 0.6) is 5.75 Å². The number of hydrogen-bond donors (Lipinski definition) is 0. The van der Waals surface area contributed by atoms with E-state index in [1.807, 2.05) is 36.4 Å². The molecule has 2 saturated carbocycles. The highest BCUT2D eigenvalue weighted by Crippen LogP contribution is 2.39. The van der Waals surface area contributed by atoms with Crippen LogP contribution in [-0.4, -0.2) is 5.97 Å². The molecule has 0 aromatic heterocycles. The van der Waals surface area contributed by atoms with Crippen LogP contribution < -0.4 is 4.74 Å². The smallest absolute Gasteiger partial charge is 0.343 e. The van der Waals surface area contributed by atoms with Crippen LogP contribution in [0.15, 0.2) is 72.8 Å². The predicted molar refractivity (Wildman–Crippen MR) is 172 cm³/mol. The first kappa shape index (κ1) is 29.6. The zero-order valence-electron chi connectivity index (χ0n) is 25.5. The Hall–Kier alpha value is -2.87. The Bertz CT molecular complexity index is 1190. The van der Waals surface area contributed by atoms with Crippen molar-refractivity contribution in [2.24, 2.45) is 11.8 Å². The summed E-state index contributed by atoms with van der Waals surface area (Å²) < 4.78 is 5.72. The van der Waals surface area contributed by atoms with Crippen LogP contribution in [0.1, 0.15) is 137 Å². The van der Waals surface area contributed by atoms with Gasteiger partial charge in [-0.15, -0.1) is 0 Å². The van der Waals surface area contributed by atoms with Crippen LogP contribution in [0, 0.1) is 11.8 Å². The van der Waals surface area contributed by atoms with Crippen molar-refractivity contribution in [2.75, 3.05) is 0 Å². The maximum absolute atomic E-state index is 12.8. The molecule has 0 spiro atoms. The number of carbonyl (C=O) groups is 1. The molecule has 218 valence electrons. The normalized spacial score (nSPS) is 22.8. The first-order chi connectivity index (χ1) is 20.1. The second-order valence-electron chi connectivity index (χ2n) is 12.9. The average Bonchev–Trinajstić information content (AvgIpc) is 3.03. The number of benzene rings is 3. The van der Waals surface area contributed by atoms with E-state index in [4.69, 9.17) is 4.74 Å². The van der Waals surface area contributed by atoms with Crippen LogP contribution in [0.2, 0.25) is 0 Å². The third-order valence-corrected chi connectivity index (χ3v) is 10.0. The zero-order chi connectivity index (χ0) is 28.4. The molecule has 2 nitrogen and oxygen atoms in total. The van der Waals surface area contributed by atoms with E-state index < -0.39 is 0 Å². The molecule has 3 aromatic rings. The summed E-state index contributed by atoms with van der Waals surface area (Å²) in [6, 6.07) is 25.2. The molecular formula is C39H50O2. The van der Waals surface area contributed by atoms with Gasteiger partial charge >= 0.3 is 5.97 Å². The average molecular weight is 551 g/mol. The number of esters is 1. The van der Waals surface area contributed by atoms with E-state index in [1.54, 1.807) is 0 Å². The highest BCUT2D eigenvalue weighted by atomic mass is 16.5. The van der Waals surface area contributed by atoms with Crippen LogP contribution >= 0.6 is 0 Å². The Morgan fingerprint density at radius 2 is 1.07 bits per heavy atom. The molecule has 0 radical (unpaired) electrons. The Kier molecular flexibility index (Phi) is 10.7. The van der Waals surface area contributed by atoms with Gasteiger partial charge in [-0.2, -0.15) is 0 Å². The fourth-order valence-electron chi connectivity index (χ4n) is 7.38. The van der Waals surface area contributed by atoms with Gasteiger partial charge in [0, 0.05) is 0 Å². The first-order valence-electron chi connectivity index (χ1n) is 16.7. The van der Waals surface area contributed by atoms with E-state index >= 15 is 0 Å². The van der Waals surface area contributed by atoms with Gasteiger partial charge in [0.15, 0.2) is 0 Å². The molecule has 5 rings (SSSR count). The lowest BCUT2D eigenvalue weighted by Crippen LogP contribution is -2.13. The maximum atomic E-state index is 12.8. The lowest BCUT2D eigenvalue weighted by molar-refractivity contribution is 0.0734. The number of unbranched alkanes of at least 4 members (excludes halogenated alkanes) is 2. The molecule has 0 heterocycles. The predicted octanol–water partition coefficient (Wildman–Crippen LogP) is 11.5. The molecule has 3 aromatic carbocycles.